The van der Waals surface area contributed by atoms with Gasteiger partial charge in [0.1, 0.15) is 0 Å². The zero-order valence-corrected chi connectivity index (χ0v) is 17.5. The van der Waals surface area contributed by atoms with Crippen LogP contribution in [0.3, 0.4) is 0 Å². The number of rotatable bonds is 2. The maximum atomic E-state index is 11.8. The van der Waals surface area contributed by atoms with Crippen molar-refractivity contribution in [2.75, 3.05) is 11.5 Å². The molecule has 0 radical (unpaired) electrons. The zero-order valence-electron chi connectivity index (χ0n) is 15.0. The Hall–Kier alpha value is -1.82. The molecule has 2 aliphatic heterocycles. The Morgan fingerprint density at radius 3 is 2.70 bits per heavy atom. The molecule has 0 aliphatic carbocycles. The molecular formula is C19H19N3O2S3. The van der Waals surface area contributed by atoms with Crippen LogP contribution in [-0.2, 0) is 15.4 Å². The largest absolute Gasteiger partial charge is 0.378 e. The minimum atomic E-state index is -2.94. The van der Waals surface area contributed by atoms with E-state index in [0.29, 0.717) is 11.6 Å². The molecule has 1 fully saturated rings. The quantitative estimate of drug-likeness (QED) is 0.759. The van der Waals surface area contributed by atoms with E-state index in [0.717, 1.165) is 21.6 Å². The number of nitrogens with two attached hydrogens (primary N) is 1. The molecule has 1 unspecified atom stereocenters. The van der Waals surface area contributed by atoms with E-state index in [4.69, 9.17) is 10.7 Å². The second-order valence-corrected chi connectivity index (χ2v) is 11.7. The van der Waals surface area contributed by atoms with Crippen LogP contribution in [0.15, 0.2) is 34.9 Å². The summed E-state index contributed by atoms with van der Waals surface area (Å²) >= 11 is 3.03. The second-order valence-electron chi connectivity index (χ2n) is 7.25. The molecule has 2 aromatic heterocycles. The van der Waals surface area contributed by atoms with Crippen molar-refractivity contribution in [2.24, 2.45) is 10.7 Å². The summed E-state index contributed by atoms with van der Waals surface area (Å²) in [7, 11) is -2.94. The number of aromatic nitrogens is 1. The first kappa shape index (κ1) is 18.5. The number of thiophene rings is 1. The van der Waals surface area contributed by atoms with Gasteiger partial charge in [-0.25, -0.2) is 8.42 Å². The van der Waals surface area contributed by atoms with E-state index in [1.807, 2.05) is 19.2 Å². The summed E-state index contributed by atoms with van der Waals surface area (Å²) in [6.45, 7) is 3.84. The van der Waals surface area contributed by atoms with Gasteiger partial charge in [0.15, 0.2) is 15.0 Å². The predicted molar refractivity (Wildman–Crippen MR) is 113 cm³/mol. The molecule has 2 aliphatic rings. The summed E-state index contributed by atoms with van der Waals surface area (Å²) in [5, 5.41) is 2.55. The Labute approximate surface area is 167 Å². The second kappa shape index (κ2) is 6.36. The van der Waals surface area contributed by atoms with Gasteiger partial charge in [-0.3, -0.25) is 9.98 Å². The van der Waals surface area contributed by atoms with E-state index in [-0.39, 0.29) is 16.3 Å². The van der Waals surface area contributed by atoms with Gasteiger partial charge in [-0.15, -0.1) is 17.3 Å². The molecule has 0 amide bonds. The number of sulfone groups is 1. The highest BCUT2D eigenvalue weighted by atomic mass is 32.2. The first-order valence-electron chi connectivity index (χ1n) is 8.45. The van der Waals surface area contributed by atoms with Gasteiger partial charge >= 0.3 is 0 Å². The van der Waals surface area contributed by atoms with Crippen molar-refractivity contribution in [3.05, 3.63) is 40.3 Å². The predicted octanol–water partition coefficient (Wildman–Crippen LogP) is 3.02. The van der Waals surface area contributed by atoms with Crippen LogP contribution in [0.4, 0.5) is 0 Å². The molecule has 8 heteroatoms. The number of hydrogen-bond acceptors (Lipinski definition) is 7. The Balaban J connectivity index is 1.67. The third-order valence-corrected chi connectivity index (χ3v) is 9.48. The smallest absolute Gasteiger partial charge is 0.155 e. The van der Waals surface area contributed by atoms with Crippen LogP contribution in [-0.4, -0.2) is 34.8 Å². The van der Waals surface area contributed by atoms with E-state index >= 15 is 0 Å². The van der Waals surface area contributed by atoms with Crippen LogP contribution >= 0.6 is 23.1 Å². The fourth-order valence-electron chi connectivity index (χ4n) is 3.83. The van der Waals surface area contributed by atoms with Gasteiger partial charge in [0, 0.05) is 28.4 Å². The van der Waals surface area contributed by atoms with Crippen molar-refractivity contribution < 1.29 is 8.42 Å². The molecule has 4 rings (SSSR count). The van der Waals surface area contributed by atoms with Crippen molar-refractivity contribution in [1.82, 2.24) is 4.98 Å². The number of thioether (sulfide) groups is 1. The van der Waals surface area contributed by atoms with Gasteiger partial charge in [0.05, 0.1) is 21.8 Å². The molecule has 0 bridgehead atoms. The van der Waals surface area contributed by atoms with Crippen molar-refractivity contribution in [2.45, 2.75) is 30.6 Å². The van der Waals surface area contributed by atoms with Gasteiger partial charge in [-0.2, -0.15) is 0 Å². The SMILES string of the molecule is CC#Cc1cncc(-c2csc(C3(C)CC4(CS(=O)(=O)C4)SC(N)=N3)c2)c1. The van der Waals surface area contributed by atoms with E-state index in [1.165, 1.54) is 11.8 Å². The Morgan fingerprint density at radius 2 is 2.00 bits per heavy atom. The summed E-state index contributed by atoms with van der Waals surface area (Å²) < 4.78 is 23.2. The number of pyridine rings is 1. The van der Waals surface area contributed by atoms with Gasteiger partial charge in [0.2, 0.25) is 0 Å². The summed E-state index contributed by atoms with van der Waals surface area (Å²) in [5.74, 6) is 6.27. The lowest BCUT2D eigenvalue weighted by Gasteiger charge is -2.47. The topological polar surface area (TPSA) is 85.4 Å². The van der Waals surface area contributed by atoms with Crippen molar-refractivity contribution in [3.8, 4) is 23.0 Å². The van der Waals surface area contributed by atoms with Gasteiger partial charge in [-0.05, 0) is 43.3 Å². The van der Waals surface area contributed by atoms with Gasteiger partial charge in [0.25, 0.3) is 0 Å². The first-order chi connectivity index (χ1) is 12.7. The highest BCUT2D eigenvalue weighted by Gasteiger charge is 2.55. The van der Waals surface area contributed by atoms with E-state index in [1.54, 1.807) is 24.5 Å². The van der Waals surface area contributed by atoms with Crippen molar-refractivity contribution in [1.29, 1.82) is 0 Å². The molecule has 1 saturated heterocycles. The van der Waals surface area contributed by atoms with Crippen molar-refractivity contribution in [3.63, 3.8) is 0 Å². The van der Waals surface area contributed by atoms with Crippen LogP contribution in [0.5, 0.6) is 0 Å². The monoisotopic (exact) mass is 417 g/mol. The van der Waals surface area contributed by atoms with E-state index in [9.17, 15) is 8.42 Å². The molecule has 1 atom stereocenters. The fraction of sp³-hybridized carbons (Fsp3) is 0.368. The lowest BCUT2D eigenvalue weighted by Crippen LogP contribution is -2.57. The Bertz CT molecular complexity index is 1100. The van der Waals surface area contributed by atoms with Crippen LogP contribution in [0.2, 0.25) is 0 Å². The highest BCUT2D eigenvalue weighted by molar-refractivity contribution is 8.17. The van der Waals surface area contributed by atoms with Crippen LogP contribution in [0.25, 0.3) is 11.1 Å². The minimum absolute atomic E-state index is 0.177. The molecule has 0 aromatic carbocycles. The number of hydrogen-bond donors (Lipinski definition) is 1. The van der Waals surface area contributed by atoms with Crippen LogP contribution < -0.4 is 5.73 Å². The zero-order chi connectivity index (χ0) is 19.3. The standard InChI is InChI=1S/C19H19N3O2S3/c1-3-4-13-5-14(8-21-7-13)15-6-16(25-9-15)18(2)10-19(26-17(20)22-18)11-27(23,24)12-19/h5-9H,10-12H2,1-2H3,(H2,20,22). The Morgan fingerprint density at radius 1 is 1.22 bits per heavy atom. The highest BCUT2D eigenvalue weighted by Crippen LogP contribution is 2.52. The molecule has 5 nitrogen and oxygen atoms in total. The lowest BCUT2D eigenvalue weighted by molar-refractivity contribution is 0.394. The number of amidine groups is 1. The maximum Gasteiger partial charge on any atom is 0.155 e. The van der Waals surface area contributed by atoms with Gasteiger partial charge < -0.3 is 5.73 Å². The molecule has 27 heavy (non-hydrogen) atoms. The molecule has 0 saturated carbocycles. The van der Waals surface area contributed by atoms with E-state index < -0.39 is 15.4 Å². The summed E-state index contributed by atoms with van der Waals surface area (Å²) in [5.41, 5.74) is 8.52. The molecule has 2 N–H and O–H groups in total. The number of aliphatic imine (C=N–C) groups is 1. The fourth-order valence-corrected chi connectivity index (χ4v) is 9.17. The first-order valence-corrected chi connectivity index (χ1v) is 12.0. The molecule has 1 spiro atoms. The number of nitrogens with zero attached hydrogens (tertiary/aromatic N) is 2. The molecular weight excluding hydrogens is 398 g/mol. The van der Waals surface area contributed by atoms with Crippen molar-refractivity contribution >= 4 is 38.1 Å². The summed E-state index contributed by atoms with van der Waals surface area (Å²) in [6.07, 6.45) is 4.24. The molecule has 4 heterocycles. The summed E-state index contributed by atoms with van der Waals surface area (Å²) in [6, 6.07) is 4.13. The minimum Gasteiger partial charge on any atom is -0.378 e. The molecule has 140 valence electrons. The average Bonchev–Trinajstić information content (AvgIpc) is 3.03. The lowest BCUT2D eigenvalue weighted by atomic mass is 9.88. The van der Waals surface area contributed by atoms with Crippen LogP contribution in [0.1, 0.15) is 30.7 Å². The average molecular weight is 418 g/mol. The third-order valence-electron chi connectivity index (χ3n) is 4.78. The normalized spacial score (nSPS) is 25.2. The summed E-state index contributed by atoms with van der Waals surface area (Å²) in [4.78, 5) is 10.1. The van der Waals surface area contributed by atoms with E-state index in [2.05, 4.69) is 28.3 Å². The van der Waals surface area contributed by atoms with Gasteiger partial charge in [-0.1, -0.05) is 17.7 Å². The third kappa shape index (κ3) is 3.51. The van der Waals surface area contributed by atoms with Crippen LogP contribution in [0, 0.1) is 11.8 Å². The molecule has 2 aromatic rings. The Kier molecular flexibility index (Phi) is 4.37. The maximum absolute atomic E-state index is 11.8.